The Morgan fingerprint density at radius 1 is 1.06 bits per heavy atom. The Morgan fingerprint density at radius 3 is 2.74 bits per heavy atom. The molecular formula is C23H22N6O2. The van der Waals surface area contributed by atoms with Crippen LogP contribution in [0.4, 0.5) is 11.4 Å². The van der Waals surface area contributed by atoms with E-state index in [1.54, 1.807) is 23.0 Å². The molecule has 2 N–H and O–H groups in total. The number of fused-ring (bicyclic) bond motifs is 2. The molecule has 1 aliphatic rings. The summed E-state index contributed by atoms with van der Waals surface area (Å²) in [7, 11) is 1.82. The molecule has 0 radical (unpaired) electrons. The third-order valence-electron chi connectivity index (χ3n) is 5.68. The minimum absolute atomic E-state index is 0.164. The van der Waals surface area contributed by atoms with Crippen LogP contribution in [-0.2, 0) is 20.0 Å². The van der Waals surface area contributed by atoms with Crippen molar-refractivity contribution in [2.24, 2.45) is 7.05 Å². The second-order valence-corrected chi connectivity index (χ2v) is 7.76. The summed E-state index contributed by atoms with van der Waals surface area (Å²) in [6, 6.07) is 13.0. The van der Waals surface area contributed by atoms with Gasteiger partial charge in [0.2, 0.25) is 0 Å². The molecule has 4 aromatic rings. The second kappa shape index (κ2) is 7.39. The number of hydrogen-bond acceptors (Lipinski definition) is 4. The quantitative estimate of drug-likeness (QED) is 0.534. The molecule has 1 aliphatic heterocycles. The fraction of sp³-hybridized carbons (Fsp3) is 0.217. The molecule has 0 fully saturated rings. The van der Waals surface area contributed by atoms with Gasteiger partial charge in [0.1, 0.15) is 0 Å². The molecule has 8 nitrogen and oxygen atoms in total. The Balaban J connectivity index is 1.33. The maximum atomic E-state index is 12.8. The van der Waals surface area contributed by atoms with Crippen molar-refractivity contribution in [3.63, 3.8) is 0 Å². The summed E-state index contributed by atoms with van der Waals surface area (Å²) in [4.78, 5) is 25.5. The number of anilines is 2. The minimum Gasteiger partial charge on any atom is -0.322 e. The third kappa shape index (κ3) is 3.35. The summed E-state index contributed by atoms with van der Waals surface area (Å²) in [5.74, 6) is -0.438. The van der Waals surface area contributed by atoms with Gasteiger partial charge in [-0.15, -0.1) is 0 Å². The summed E-state index contributed by atoms with van der Waals surface area (Å²) in [6.45, 7) is 2.76. The Kier molecular flexibility index (Phi) is 4.54. The largest absolute Gasteiger partial charge is 0.322 e. The summed E-state index contributed by atoms with van der Waals surface area (Å²) in [5, 5.41) is 15.3. The Hall–Kier alpha value is -3.94. The molecule has 0 atom stereocenters. The number of carbonyl (C=O) groups is 2. The van der Waals surface area contributed by atoms with Crippen LogP contribution in [0.5, 0.6) is 0 Å². The fourth-order valence-corrected chi connectivity index (χ4v) is 4.10. The molecule has 0 spiro atoms. The van der Waals surface area contributed by atoms with Crippen LogP contribution in [0, 0.1) is 6.92 Å². The van der Waals surface area contributed by atoms with Crippen LogP contribution in [0.1, 0.15) is 38.5 Å². The zero-order valence-corrected chi connectivity index (χ0v) is 17.3. The molecule has 2 amide bonds. The molecule has 0 bridgehead atoms. The number of amides is 2. The lowest BCUT2D eigenvalue weighted by Crippen LogP contribution is -2.15. The lowest BCUT2D eigenvalue weighted by Gasteiger charge is -2.11. The first-order chi connectivity index (χ1) is 15.0. The normalized spacial score (nSPS) is 12.7. The van der Waals surface area contributed by atoms with Crippen molar-refractivity contribution in [2.75, 3.05) is 10.6 Å². The molecular weight excluding hydrogens is 392 g/mol. The van der Waals surface area contributed by atoms with Crippen LogP contribution >= 0.6 is 0 Å². The number of nitrogens with zero attached hydrogens (tertiary/aromatic N) is 4. The first-order valence-electron chi connectivity index (χ1n) is 10.2. The molecule has 8 heteroatoms. The molecule has 2 aromatic heterocycles. The van der Waals surface area contributed by atoms with Gasteiger partial charge in [-0.2, -0.15) is 10.2 Å². The van der Waals surface area contributed by atoms with Crippen LogP contribution in [0.3, 0.4) is 0 Å². The summed E-state index contributed by atoms with van der Waals surface area (Å²) < 4.78 is 3.59. The van der Waals surface area contributed by atoms with Crippen LogP contribution in [0.2, 0.25) is 0 Å². The van der Waals surface area contributed by atoms with E-state index in [0.29, 0.717) is 22.6 Å². The molecule has 5 rings (SSSR count). The Morgan fingerprint density at radius 2 is 1.90 bits per heavy atom. The highest BCUT2D eigenvalue weighted by Gasteiger charge is 2.21. The van der Waals surface area contributed by atoms with Crippen LogP contribution < -0.4 is 10.6 Å². The monoisotopic (exact) mass is 414 g/mol. The van der Waals surface area contributed by atoms with Gasteiger partial charge in [0, 0.05) is 30.4 Å². The van der Waals surface area contributed by atoms with E-state index in [-0.39, 0.29) is 11.8 Å². The highest BCUT2D eigenvalue weighted by molar-refractivity contribution is 6.11. The predicted molar refractivity (Wildman–Crippen MR) is 118 cm³/mol. The lowest BCUT2D eigenvalue weighted by atomic mass is 10.1. The minimum atomic E-state index is -0.275. The van der Waals surface area contributed by atoms with E-state index in [9.17, 15) is 9.59 Å². The molecule has 3 heterocycles. The van der Waals surface area contributed by atoms with Gasteiger partial charge in [0.25, 0.3) is 11.8 Å². The van der Waals surface area contributed by atoms with E-state index in [4.69, 9.17) is 0 Å². The number of aromatic nitrogens is 4. The van der Waals surface area contributed by atoms with Crippen molar-refractivity contribution < 1.29 is 9.59 Å². The van der Waals surface area contributed by atoms with Crippen molar-refractivity contribution in [3.8, 4) is 0 Å². The molecule has 0 saturated carbocycles. The number of benzene rings is 2. The van der Waals surface area contributed by atoms with E-state index in [1.807, 2.05) is 49.0 Å². The zero-order valence-electron chi connectivity index (χ0n) is 17.3. The molecule has 0 saturated heterocycles. The highest BCUT2D eigenvalue weighted by atomic mass is 16.2. The second-order valence-electron chi connectivity index (χ2n) is 7.76. The topological polar surface area (TPSA) is 93.8 Å². The maximum absolute atomic E-state index is 12.8. The smallest absolute Gasteiger partial charge is 0.276 e. The number of hydrogen-bond donors (Lipinski definition) is 2. The van der Waals surface area contributed by atoms with Gasteiger partial charge >= 0.3 is 0 Å². The van der Waals surface area contributed by atoms with E-state index in [0.717, 1.165) is 41.5 Å². The van der Waals surface area contributed by atoms with E-state index < -0.39 is 0 Å². The predicted octanol–water partition coefficient (Wildman–Crippen LogP) is 3.53. The highest BCUT2D eigenvalue weighted by Crippen LogP contribution is 2.24. The van der Waals surface area contributed by atoms with Gasteiger partial charge in [-0.25, -0.2) is 0 Å². The Bertz CT molecular complexity index is 1330. The standard InChI is InChI=1S/C23H22N6O2/c1-14-12-15(25-23(31)21-16-6-3-4-7-19(16)28(2)27-21)9-10-18(14)26-22(30)17-13-24-29-11-5-8-20(17)29/h3-4,6-7,9-10,12-13H,5,8,11H2,1-2H3,(H,25,31)(H,26,30). The van der Waals surface area contributed by atoms with E-state index in [2.05, 4.69) is 20.8 Å². The van der Waals surface area contributed by atoms with Gasteiger partial charge in [0.15, 0.2) is 5.69 Å². The number of rotatable bonds is 4. The van der Waals surface area contributed by atoms with Crippen molar-refractivity contribution in [1.29, 1.82) is 0 Å². The number of carbonyl (C=O) groups excluding carboxylic acids is 2. The van der Waals surface area contributed by atoms with Crippen LogP contribution in [0.25, 0.3) is 10.9 Å². The molecule has 0 aliphatic carbocycles. The van der Waals surface area contributed by atoms with Crippen molar-refractivity contribution >= 4 is 34.1 Å². The Labute approximate surface area is 178 Å². The fourth-order valence-electron chi connectivity index (χ4n) is 4.10. The number of nitrogens with one attached hydrogen (secondary N) is 2. The average Bonchev–Trinajstić information content (AvgIpc) is 3.45. The molecule has 2 aromatic carbocycles. The van der Waals surface area contributed by atoms with Crippen LogP contribution in [-0.4, -0.2) is 31.4 Å². The molecule has 31 heavy (non-hydrogen) atoms. The summed E-state index contributed by atoms with van der Waals surface area (Å²) >= 11 is 0. The first kappa shape index (κ1) is 19.0. The van der Waals surface area contributed by atoms with Crippen molar-refractivity contribution in [2.45, 2.75) is 26.3 Å². The van der Waals surface area contributed by atoms with Gasteiger partial charge in [-0.05, 0) is 49.6 Å². The van der Waals surface area contributed by atoms with Gasteiger partial charge < -0.3 is 10.6 Å². The summed E-state index contributed by atoms with van der Waals surface area (Å²) in [6.07, 6.45) is 3.52. The van der Waals surface area contributed by atoms with Crippen LogP contribution in [0.15, 0.2) is 48.7 Å². The molecule has 156 valence electrons. The van der Waals surface area contributed by atoms with E-state index >= 15 is 0 Å². The average molecular weight is 414 g/mol. The first-order valence-corrected chi connectivity index (χ1v) is 10.2. The van der Waals surface area contributed by atoms with Gasteiger partial charge in [-0.1, -0.05) is 18.2 Å². The zero-order chi connectivity index (χ0) is 21.5. The SMILES string of the molecule is Cc1cc(NC(=O)c2nn(C)c3ccccc23)ccc1NC(=O)c1cnn2c1CCC2. The van der Waals surface area contributed by atoms with Gasteiger partial charge in [0.05, 0.1) is 23.0 Å². The van der Waals surface area contributed by atoms with Crippen molar-refractivity contribution in [3.05, 3.63) is 71.2 Å². The van der Waals surface area contributed by atoms with Crippen molar-refractivity contribution in [1.82, 2.24) is 19.6 Å². The number of aryl methyl sites for hydroxylation is 3. The third-order valence-corrected chi connectivity index (χ3v) is 5.68. The molecule has 0 unspecified atom stereocenters. The van der Waals surface area contributed by atoms with E-state index in [1.165, 1.54) is 0 Å². The lowest BCUT2D eigenvalue weighted by molar-refractivity contribution is 0.101. The maximum Gasteiger partial charge on any atom is 0.276 e. The number of para-hydroxylation sites is 1. The van der Waals surface area contributed by atoms with Gasteiger partial charge in [-0.3, -0.25) is 19.0 Å². The summed E-state index contributed by atoms with van der Waals surface area (Å²) in [5.41, 5.74) is 5.07.